The highest BCUT2D eigenvalue weighted by atomic mass is 32.2. The Balaban J connectivity index is 2.10. The van der Waals surface area contributed by atoms with Crippen molar-refractivity contribution in [2.75, 3.05) is 11.8 Å². The van der Waals surface area contributed by atoms with Crippen molar-refractivity contribution in [3.05, 3.63) is 66.2 Å². The van der Waals surface area contributed by atoms with Crippen LogP contribution in [0.3, 0.4) is 0 Å². The van der Waals surface area contributed by atoms with E-state index >= 15 is 0 Å². The van der Waals surface area contributed by atoms with Gasteiger partial charge in [0.1, 0.15) is 5.75 Å². The SMILES string of the molecule is COc1ccc(C(N)=O)cc1NS(=O)(=O)c1cccc2ccccc12. The van der Waals surface area contributed by atoms with Crippen LogP contribution in [0.1, 0.15) is 10.4 Å². The van der Waals surface area contributed by atoms with Crippen LogP contribution in [0.5, 0.6) is 5.75 Å². The van der Waals surface area contributed by atoms with Gasteiger partial charge in [-0.3, -0.25) is 9.52 Å². The molecule has 0 saturated heterocycles. The second kappa shape index (κ2) is 6.45. The molecule has 6 nitrogen and oxygen atoms in total. The summed E-state index contributed by atoms with van der Waals surface area (Å²) < 4.78 is 33.4. The molecule has 3 rings (SSSR count). The minimum absolute atomic E-state index is 0.136. The Morgan fingerprint density at radius 2 is 1.76 bits per heavy atom. The summed E-state index contributed by atoms with van der Waals surface area (Å²) in [6.07, 6.45) is 0. The first-order valence-corrected chi connectivity index (χ1v) is 8.89. The molecule has 0 atom stereocenters. The molecule has 0 saturated carbocycles. The van der Waals surface area contributed by atoms with Gasteiger partial charge in [-0.1, -0.05) is 36.4 Å². The lowest BCUT2D eigenvalue weighted by Crippen LogP contribution is -2.16. The Hall–Kier alpha value is -3.06. The van der Waals surface area contributed by atoms with E-state index < -0.39 is 15.9 Å². The number of benzene rings is 3. The van der Waals surface area contributed by atoms with Gasteiger partial charge in [0.2, 0.25) is 5.91 Å². The van der Waals surface area contributed by atoms with Crippen molar-refractivity contribution in [3.63, 3.8) is 0 Å². The van der Waals surface area contributed by atoms with Crippen molar-refractivity contribution in [1.82, 2.24) is 0 Å². The lowest BCUT2D eigenvalue weighted by Gasteiger charge is -2.14. The summed E-state index contributed by atoms with van der Waals surface area (Å²) >= 11 is 0. The number of carbonyl (C=O) groups is 1. The number of carbonyl (C=O) groups excluding carboxylic acids is 1. The minimum Gasteiger partial charge on any atom is -0.495 e. The number of sulfonamides is 1. The third-order valence-electron chi connectivity index (χ3n) is 3.77. The van der Waals surface area contributed by atoms with Gasteiger partial charge in [0, 0.05) is 10.9 Å². The van der Waals surface area contributed by atoms with Gasteiger partial charge < -0.3 is 10.5 Å². The van der Waals surface area contributed by atoms with Gasteiger partial charge in [-0.15, -0.1) is 0 Å². The molecule has 3 aromatic rings. The summed E-state index contributed by atoms with van der Waals surface area (Å²) in [4.78, 5) is 11.5. The molecule has 0 bridgehead atoms. The van der Waals surface area contributed by atoms with Crippen molar-refractivity contribution < 1.29 is 17.9 Å². The smallest absolute Gasteiger partial charge is 0.262 e. The predicted octanol–water partition coefficient (Wildman–Crippen LogP) is 2.75. The molecule has 0 aliphatic rings. The Morgan fingerprint density at radius 3 is 2.48 bits per heavy atom. The highest BCUT2D eigenvalue weighted by Crippen LogP contribution is 2.30. The number of nitrogens with two attached hydrogens (primary N) is 1. The number of methoxy groups -OCH3 is 1. The Kier molecular flexibility index (Phi) is 4.33. The van der Waals surface area contributed by atoms with E-state index in [1.165, 1.54) is 31.4 Å². The van der Waals surface area contributed by atoms with Gasteiger partial charge in [-0.25, -0.2) is 8.42 Å². The number of anilines is 1. The maximum atomic E-state index is 12.9. The van der Waals surface area contributed by atoms with Crippen LogP contribution in [-0.4, -0.2) is 21.4 Å². The van der Waals surface area contributed by atoms with Crippen LogP contribution in [0.4, 0.5) is 5.69 Å². The molecule has 0 aliphatic carbocycles. The molecule has 3 N–H and O–H groups in total. The number of ether oxygens (including phenoxy) is 1. The van der Waals surface area contributed by atoms with Gasteiger partial charge in [0.25, 0.3) is 10.0 Å². The van der Waals surface area contributed by atoms with Crippen molar-refractivity contribution >= 4 is 32.4 Å². The third-order valence-corrected chi connectivity index (χ3v) is 5.19. The van der Waals surface area contributed by atoms with Gasteiger partial charge in [0.15, 0.2) is 0 Å². The monoisotopic (exact) mass is 356 g/mol. The van der Waals surface area contributed by atoms with Crippen molar-refractivity contribution in [3.8, 4) is 5.75 Å². The first-order valence-electron chi connectivity index (χ1n) is 7.41. The summed E-state index contributed by atoms with van der Waals surface area (Å²) in [6.45, 7) is 0. The fourth-order valence-electron chi connectivity index (χ4n) is 2.57. The summed E-state index contributed by atoms with van der Waals surface area (Å²) in [5.74, 6) is -0.373. The number of amides is 1. The van der Waals surface area contributed by atoms with E-state index in [-0.39, 0.29) is 21.9 Å². The molecule has 1 amide bonds. The highest BCUT2D eigenvalue weighted by molar-refractivity contribution is 7.93. The Labute approximate surface area is 145 Å². The number of rotatable bonds is 5. The average Bonchev–Trinajstić information content (AvgIpc) is 2.60. The maximum absolute atomic E-state index is 12.9. The fraction of sp³-hybridized carbons (Fsp3) is 0.0556. The first kappa shape index (κ1) is 16.8. The second-order valence-electron chi connectivity index (χ2n) is 5.36. The van der Waals surface area contributed by atoms with Gasteiger partial charge in [-0.2, -0.15) is 0 Å². The zero-order valence-corrected chi connectivity index (χ0v) is 14.2. The molecule has 128 valence electrons. The largest absolute Gasteiger partial charge is 0.495 e. The lowest BCUT2D eigenvalue weighted by atomic mass is 10.1. The molecule has 0 heterocycles. The minimum atomic E-state index is -3.90. The average molecular weight is 356 g/mol. The van der Waals surface area contributed by atoms with Gasteiger partial charge in [-0.05, 0) is 29.7 Å². The number of primary amides is 1. The summed E-state index contributed by atoms with van der Waals surface area (Å²) in [5.41, 5.74) is 5.59. The molecular formula is C18H16N2O4S. The first-order chi connectivity index (χ1) is 11.9. The van der Waals surface area contributed by atoms with Gasteiger partial charge in [0.05, 0.1) is 17.7 Å². The quantitative estimate of drug-likeness (QED) is 0.734. The van der Waals surface area contributed by atoms with Crippen LogP contribution >= 0.6 is 0 Å². The second-order valence-corrected chi connectivity index (χ2v) is 7.01. The summed E-state index contributed by atoms with van der Waals surface area (Å²) in [7, 11) is -2.49. The molecule has 25 heavy (non-hydrogen) atoms. The molecule has 7 heteroatoms. The van der Waals surface area contributed by atoms with Crippen molar-refractivity contribution in [2.24, 2.45) is 5.73 Å². The van der Waals surface area contributed by atoms with E-state index in [0.29, 0.717) is 5.39 Å². The maximum Gasteiger partial charge on any atom is 0.262 e. The van der Waals surface area contributed by atoms with Gasteiger partial charge >= 0.3 is 0 Å². The Bertz CT molecular complexity index is 1060. The topological polar surface area (TPSA) is 98.5 Å². The van der Waals surface area contributed by atoms with E-state index in [0.717, 1.165) is 5.39 Å². The van der Waals surface area contributed by atoms with E-state index in [2.05, 4.69) is 4.72 Å². The molecule has 0 aromatic heterocycles. The van der Waals surface area contributed by atoms with Crippen LogP contribution in [0.2, 0.25) is 0 Å². The molecular weight excluding hydrogens is 340 g/mol. The molecule has 0 spiro atoms. The highest BCUT2D eigenvalue weighted by Gasteiger charge is 2.20. The van der Waals surface area contributed by atoms with Crippen LogP contribution in [0, 0.1) is 0 Å². The van der Waals surface area contributed by atoms with Crippen LogP contribution in [0.15, 0.2) is 65.6 Å². The normalized spacial score (nSPS) is 11.2. The molecule has 0 unspecified atom stereocenters. The summed E-state index contributed by atoms with van der Waals surface area (Å²) in [5, 5.41) is 1.41. The van der Waals surface area contributed by atoms with Crippen molar-refractivity contribution in [2.45, 2.75) is 4.90 Å². The number of fused-ring (bicyclic) bond motifs is 1. The van der Waals surface area contributed by atoms with Crippen LogP contribution in [0.25, 0.3) is 10.8 Å². The molecule has 0 fully saturated rings. The molecule has 0 aliphatic heterocycles. The standard InChI is InChI=1S/C18H16N2O4S/c1-24-16-10-9-13(18(19)21)11-15(16)20-25(22,23)17-8-4-6-12-5-2-3-7-14(12)17/h2-11,20H,1H3,(H2,19,21). The van der Waals surface area contributed by atoms with E-state index in [4.69, 9.17) is 10.5 Å². The lowest BCUT2D eigenvalue weighted by molar-refractivity contribution is 0.100. The third kappa shape index (κ3) is 3.27. The fourth-order valence-corrected chi connectivity index (χ4v) is 3.86. The molecule has 0 radical (unpaired) electrons. The zero-order valence-electron chi connectivity index (χ0n) is 13.4. The number of nitrogens with one attached hydrogen (secondary N) is 1. The Morgan fingerprint density at radius 1 is 1.04 bits per heavy atom. The predicted molar refractivity (Wildman–Crippen MR) is 96.3 cm³/mol. The van der Waals surface area contributed by atoms with E-state index in [1.54, 1.807) is 18.2 Å². The number of hydrogen-bond acceptors (Lipinski definition) is 4. The zero-order chi connectivity index (χ0) is 18.0. The number of hydrogen-bond donors (Lipinski definition) is 2. The summed E-state index contributed by atoms with van der Waals surface area (Å²) in [6, 6.07) is 16.5. The van der Waals surface area contributed by atoms with Crippen LogP contribution in [-0.2, 0) is 10.0 Å². The van der Waals surface area contributed by atoms with E-state index in [9.17, 15) is 13.2 Å². The molecule has 3 aromatic carbocycles. The van der Waals surface area contributed by atoms with Crippen LogP contribution < -0.4 is 15.2 Å². The van der Waals surface area contributed by atoms with E-state index in [1.807, 2.05) is 18.2 Å². The van der Waals surface area contributed by atoms with Crippen molar-refractivity contribution in [1.29, 1.82) is 0 Å².